The molecule has 2 N–H and O–H groups in total. The number of aliphatic hydroxyl groups excluding tert-OH is 1. The van der Waals surface area contributed by atoms with Gasteiger partial charge in [0.25, 0.3) is 0 Å². The van der Waals surface area contributed by atoms with E-state index in [0.717, 1.165) is 6.08 Å². The Labute approximate surface area is 58.2 Å². The van der Waals surface area contributed by atoms with Gasteiger partial charge in [-0.25, -0.2) is 0 Å². The van der Waals surface area contributed by atoms with Gasteiger partial charge in [0.2, 0.25) is 0 Å². The van der Waals surface area contributed by atoms with Gasteiger partial charge >= 0.3 is 0 Å². The van der Waals surface area contributed by atoms with Gasteiger partial charge in [-0.05, 0) is 6.07 Å². The Morgan fingerprint density at radius 1 is 1.80 bits per heavy atom. The summed E-state index contributed by atoms with van der Waals surface area (Å²) < 4.78 is 0. The number of aromatic nitrogens is 1. The SMILES string of the molecule is N#CC=C(O)c1cc[nH]c1. The molecule has 3 nitrogen and oxygen atoms in total. The lowest BCUT2D eigenvalue weighted by atomic mass is 10.3. The minimum Gasteiger partial charge on any atom is -0.507 e. The molecule has 0 aliphatic heterocycles. The van der Waals surface area contributed by atoms with E-state index in [2.05, 4.69) is 4.98 Å². The van der Waals surface area contributed by atoms with Crippen LogP contribution in [-0.2, 0) is 0 Å². The smallest absolute Gasteiger partial charge is 0.134 e. The Hall–Kier alpha value is -1.69. The fourth-order valence-corrected chi connectivity index (χ4v) is 0.628. The molecule has 1 aromatic heterocycles. The number of rotatable bonds is 1. The average molecular weight is 134 g/mol. The summed E-state index contributed by atoms with van der Waals surface area (Å²) in [6.45, 7) is 0. The number of hydrogen-bond donors (Lipinski definition) is 2. The van der Waals surface area contributed by atoms with E-state index in [1.54, 1.807) is 24.5 Å². The lowest BCUT2D eigenvalue weighted by molar-refractivity contribution is 0.512. The number of aliphatic hydroxyl groups is 1. The number of nitrogens with one attached hydrogen (secondary N) is 1. The third kappa shape index (κ3) is 1.17. The van der Waals surface area contributed by atoms with Crippen LogP contribution in [-0.4, -0.2) is 10.1 Å². The molecule has 0 unspecified atom stereocenters. The van der Waals surface area contributed by atoms with Crippen molar-refractivity contribution < 1.29 is 5.11 Å². The highest BCUT2D eigenvalue weighted by molar-refractivity contribution is 5.59. The average Bonchev–Trinajstić information content (AvgIpc) is 2.38. The molecule has 0 saturated heterocycles. The molecule has 10 heavy (non-hydrogen) atoms. The van der Waals surface area contributed by atoms with Gasteiger partial charge < -0.3 is 10.1 Å². The van der Waals surface area contributed by atoms with E-state index in [1.807, 2.05) is 0 Å². The molecule has 0 saturated carbocycles. The molecule has 0 aromatic carbocycles. The number of nitriles is 1. The molecule has 3 heteroatoms. The van der Waals surface area contributed by atoms with Gasteiger partial charge in [0.05, 0.1) is 12.1 Å². The van der Waals surface area contributed by atoms with E-state index < -0.39 is 0 Å². The van der Waals surface area contributed by atoms with Gasteiger partial charge in [-0.1, -0.05) is 0 Å². The summed E-state index contributed by atoms with van der Waals surface area (Å²) in [5.41, 5.74) is 0.626. The van der Waals surface area contributed by atoms with Crippen LogP contribution in [0.25, 0.3) is 5.76 Å². The zero-order valence-electron chi connectivity index (χ0n) is 5.20. The molecule has 0 atom stereocenters. The maximum absolute atomic E-state index is 9.03. The van der Waals surface area contributed by atoms with Crippen molar-refractivity contribution in [3.8, 4) is 6.07 Å². The van der Waals surface area contributed by atoms with Crippen LogP contribution in [0.4, 0.5) is 0 Å². The van der Waals surface area contributed by atoms with Crippen molar-refractivity contribution in [1.29, 1.82) is 5.26 Å². The molecule has 1 heterocycles. The normalized spacial score (nSPS) is 10.9. The van der Waals surface area contributed by atoms with Crippen molar-refractivity contribution in [3.63, 3.8) is 0 Å². The molecule has 1 aromatic rings. The lowest BCUT2D eigenvalue weighted by Gasteiger charge is -1.88. The van der Waals surface area contributed by atoms with Gasteiger partial charge in [0, 0.05) is 18.0 Å². The maximum Gasteiger partial charge on any atom is 0.134 e. The fraction of sp³-hybridized carbons (Fsp3) is 0. The molecule has 0 aliphatic carbocycles. The predicted octanol–water partition coefficient (Wildman–Crippen LogP) is 1.44. The van der Waals surface area contributed by atoms with Gasteiger partial charge in [-0.3, -0.25) is 0 Å². The summed E-state index contributed by atoms with van der Waals surface area (Å²) in [7, 11) is 0. The highest BCUT2D eigenvalue weighted by Gasteiger charge is 1.95. The molecule has 0 spiro atoms. The van der Waals surface area contributed by atoms with Gasteiger partial charge in [0.1, 0.15) is 5.76 Å². The maximum atomic E-state index is 9.03. The first-order chi connectivity index (χ1) is 4.84. The Kier molecular flexibility index (Phi) is 1.76. The van der Waals surface area contributed by atoms with Crippen LogP contribution in [0.3, 0.4) is 0 Å². The molecule has 1 rings (SSSR count). The first-order valence-electron chi connectivity index (χ1n) is 2.76. The number of H-pyrrole nitrogens is 1. The summed E-state index contributed by atoms with van der Waals surface area (Å²) in [6.07, 6.45) is 4.38. The van der Waals surface area contributed by atoms with E-state index in [-0.39, 0.29) is 5.76 Å². The second-order valence-corrected chi connectivity index (χ2v) is 1.76. The fourth-order valence-electron chi connectivity index (χ4n) is 0.628. The van der Waals surface area contributed by atoms with Crippen molar-refractivity contribution in [1.82, 2.24) is 4.98 Å². The Bertz CT molecular complexity index is 266. The largest absolute Gasteiger partial charge is 0.507 e. The first-order valence-corrected chi connectivity index (χ1v) is 2.76. The minimum atomic E-state index is -0.0104. The van der Waals surface area contributed by atoms with Crippen LogP contribution in [0.15, 0.2) is 24.5 Å². The number of hydrogen-bond acceptors (Lipinski definition) is 2. The second-order valence-electron chi connectivity index (χ2n) is 1.76. The third-order valence-corrected chi connectivity index (χ3v) is 1.09. The zero-order valence-corrected chi connectivity index (χ0v) is 5.20. The minimum absolute atomic E-state index is 0.0104. The van der Waals surface area contributed by atoms with Crippen LogP contribution in [0, 0.1) is 11.3 Å². The van der Waals surface area contributed by atoms with Crippen molar-refractivity contribution >= 4 is 5.76 Å². The predicted molar refractivity (Wildman–Crippen MR) is 37.0 cm³/mol. The highest BCUT2D eigenvalue weighted by Crippen LogP contribution is 2.07. The molecular formula is C7H6N2O. The van der Waals surface area contributed by atoms with E-state index in [1.165, 1.54) is 0 Å². The third-order valence-electron chi connectivity index (χ3n) is 1.09. The molecule has 0 radical (unpaired) electrons. The molecule has 0 fully saturated rings. The lowest BCUT2D eigenvalue weighted by Crippen LogP contribution is -1.75. The van der Waals surface area contributed by atoms with Crippen LogP contribution in [0.5, 0.6) is 0 Å². The van der Waals surface area contributed by atoms with Crippen molar-refractivity contribution in [2.24, 2.45) is 0 Å². The summed E-state index contributed by atoms with van der Waals surface area (Å²) in [6, 6.07) is 3.41. The standard InChI is InChI=1S/C7H6N2O/c8-3-1-7(10)6-2-4-9-5-6/h1-2,4-5,9-10H. The number of aromatic amines is 1. The van der Waals surface area contributed by atoms with Gasteiger partial charge in [-0.2, -0.15) is 5.26 Å². The summed E-state index contributed by atoms with van der Waals surface area (Å²) >= 11 is 0. The Balaban J connectivity index is 2.90. The summed E-state index contributed by atoms with van der Waals surface area (Å²) in [4.78, 5) is 2.76. The van der Waals surface area contributed by atoms with Crippen LogP contribution >= 0.6 is 0 Å². The van der Waals surface area contributed by atoms with E-state index in [4.69, 9.17) is 10.4 Å². The highest BCUT2D eigenvalue weighted by atomic mass is 16.3. The molecule has 50 valence electrons. The molecular weight excluding hydrogens is 128 g/mol. The first kappa shape index (κ1) is 6.43. The number of allylic oxidation sites excluding steroid dienone is 1. The monoisotopic (exact) mass is 134 g/mol. The summed E-state index contributed by atoms with van der Waals surface area (Å²) in [5.74, 6) is -0.0104. The van der Waals surface area contributed by atoms with Gasteiger partial charge in [-0.15, -0.1) is 0 Å². The van der Waals surface area contributed by atoms with Crippen molar-refractivity contribution in [3.05, 3.63) is 30.1 Å². The van der Waals surface area contributed by atoms with Gasteiger partial charge in [0.15, 0.2) is 0 Å². The quantitative estimate of drug-likeness (QED) is 0.451. The zero-order chi connectivity index (χ0) is 7.40. The topological polar surface area (TPSA) is 59.8 Å². The number of nitrogens with zero attached hydrogens (tertiary/aromatic N) is 1. The van der Waals surface area contributed by atoms with E-state index in [9.17, 15) is 0 Å². The van der Waals surface area contributed by atoms with Crippen molar-refractivity contribution in [2.75, 3.05) is 0 Å². The molecule has 0 aliphatic rings. The Morgan fingerprint density at radius 3 is 3.10 bits per heavy atom. The summed E-state index contributed by atoms with van der Waals surface area (Å²) in [5, 5.41) is 17.2. The van der Waals surface area contributed by atoms with Crippen LogP contribution < -0.4 is 0 Å². The van der Waals surface area contributed by atoms with E-state index >= 15 is 0 Å². The second kappa shape index (κ2) is 2.74. The van der Waals surface area contributed by atoms with Crippen molar-refractivity contribution in [2.45, 2.75) is 0 Å². The molecule has 0 bridgehead atoms. The van der Waals surface area contributed by atoms with Crippen LogP contribution in [0.1, 0.15) is 5.56 Å². The molecule has 0 amide bonds. The van der Waals surface area contributed by atoms with E-state index in [0.29, 0.717) is 5.56 Å². The Morgan fingerprint density at radius 2 is 2.60 bits per heavy atom. The van der Waals surface area contributed by atoms with Crippen LogP contribution in [0.2, 0.25) is 0 Å².